The second kappa shape index (κ2) is 10.7. The quantitative estimate of drug-likeness (QED) is 0.309. The Morgan fingerprint density at radius 2 is 1.63 bits per heavy atom. The highest BCUT2D eigenvalue weighted by atomic mass is 32.1. The minimum atomic E-state index is -0.235. The molecule has 0 saturated carbocycles. The van der Waals surface area contributed by atoms with Crippen molar-refractivity contribution in [3.63, 3.8) is 0 Å². The van der Waals surface area contributed by atoms with Crippen LogP contribution in [-0.4, -0.2) is 74.8 Å². The van der Waals surface area contributed by atoms with Gasteiger partial charge in [-0.3, -0.25) is 9.59 Å². The molecule has 9 heteroatoms. The van der Waals surface area contributed by atoms with E-state index >= 15 is 0 Å². The molecule has 0 N–H and O–H groups in total. The number of benzene rings is 3. The molecule has 3 aromatic carbocycles. The SMILES string of the molecule is O=C(c1ccc(C#Cc2ccccc2)cc1)N1C[C@@H]2[C@@H](C1)OCCN2C(=O)c1csc(-n2ncc3ccccc32)n1. The summed E-state index contributed by atoms with van der Waals surface area (Å²) in [6.07, 6.45) is 1.56. The first-order valence-electron chi connectivity index (χ1n) is 13.4. The molecule has 7 rings (SSSR count). The number of amides is 2. The number of hydrogen-bond donors (Lipinski definition) is 0. The van der Waals surface area contributed by atoms with Gasteiger partial charge in [0.1, 0.15) is 5.69 Å². The third-order valence-corrected chi connectivity index (χ3v) is 8.29. The lowest BCUT2D eigenvalue weighted by Gasteiger charge is -2.36. The standard InChI is InChI=1S/C32H25N5O3S/c38-30(24-14-12-23(13-15-24)11-10-22-6-2-1-3-7-22)35-19-28-29(20-35)40-17-16-36(28)31(39)26-21-41-32(34-26)37-27-9-5-4-8-25(27)18-33-37/h1-9,12-15,18,21,28-29H,16-17,19-20H2/t28-,29-/m1/s1. The van der Waals surface area contributed by atoms with Crippen LogP contribution < -0.4 is 0 Å². The Hall–Kier alpha value is -4.78. The van der Waals surface area contributed by atoms with Crippen molar-refractivity contribution in [1.82, 2.24) is 24.6 Å². The van der Waals surface area contributed by atoms with E-state index in [9.17, 15) is 9.59 Å². The summed E-state index contributed by atoms with van der Waals surface area (Å²) >= 11 is 1.38. The van der Waals surface area contributed by atoms with E-state index in [1.807, 2.05) is 71.6 Å². The fraction of sp³-hybridized carbons (Fsp3) is 0.188. The predicted octanol–water partition coefficient (Wildman–Crippen LogP) is 4.25. The molecule has 0 bridgehead atoms. The first-order chi connectivity index (χ1) is 20.1. The normalized spacial score (nSPS) is 18.1. The summed E-state index contributed by atoms with van der Waals surface area (Å²) in [4.78, 5) is 35.2. The summed E-state index contributed by atoms with van der Waals surface area (Å²) < 4.78 is 7.76. The lowest BCUT2D eigenvalue weighted by atomic mass is 10.1. The van der Waals surface area contributed by atoms with Crippen LogP contribution in [0.4, 0.5) is 0 Å². The molecule has 0 spiro atoms. The Morgan fingerprint density at radius 1 is 0.878 bits per heavy atom. The molecule has 8 nitrogen and oxygen atoms in total. The van der Waals surface area contributed by atoms with Gasteiger partial charge in [0.25, 0.3) is 11.8 Å². The van der Waals surface area contributed by atoms with Gasteiger partial charge in [0.2, 0.25) is 5.13 Å². The number of ether oxygens (including phenoxy) is 1. The van der Waals surface area contributed by atoms with Crippen LogP contribution >= 0.6 is 11.3 Å². The summed E-state index contributed by atoms with van der Waals surface area (Å²) in [6.45, 7) is 1.72. The molecule has 2 saturated heterocycles. The maximum absolute atomic E-state index is 13.6. The molecule has 2 aromatic heterocycles. The number of para-hydroxylation sites is 1. The van der Waals surface area contributed by atoms with Crippen molar-refractivity contribution in [2.75, 3.05) is 26.2 Å². The number of nitrogens with zero attached hydrogens (tertiary/aromatic N) is 5. The number of aromatic nitrogens is 3. The van der Waals surface area contributed by atoms with Crippen molar-refractivity contribution in [3.05, 3.63) is 113 Å². The van der Waals surface area contributed by atoms with E-state index < -0.39 is 0 Å². The molecular formula is C32H25N5O3S. The average Bonchev–Trinajstić information content (AvgIpc) is 3.78. The van der Waals surface area contributed by atoms with Gasteiger partial charge in [0.15, 0.2) is 0 Å². The third kappa shape index (κ3) is 4.88. The second-order valence-corrected chi connectivity index (χ2v) is 10.8. The largest absolute Gasteiger partial charge is 0.372 e. The van der Waals surface area contributed by atoms with Crippen molar-refractivity contribution >= 4 is 34.1 Å². The maximum Gasteiger partial charge on any atom is 0.273 e. The highest BCUT2D eigenvalue weighted by molar-refractivity contribution is 7.12. The first-order valence-corrected chi connectivity index (χ1v) is 14.3. The summed E-state index contributed by atoms with van der Waals surface area (Å²) in [5.74, 6) is 6.04. The number of carbonyl (C=O) groups excluding carboxylic acids is 2. The Bertz CT molecular complexity index is 1800. The van der Waals surface area contributed by atoms with Crippen LogP contribution in [0.1, 0.15) is 32.0 Å². The molecule has 0 aliphatic carbocycles. The van der Waals surface area contributed by atoms with Crippen molar-refractivity contribution in [3.8, 4) is 17.0 Å². The van der Waals surface area contributed by atoms with Crippen LogP contribution in [0.3, 0.4) is 0 Å². The van der Waals surface area contributed by atoms with E-state index in [2.05, 4.69) is 21.9 Å². The van der Waals surface area contributed by atoms with Gasteiger partial charge in [-0.1, -0.05) is 48.2 Å². The van der Waals surface area contributed by atoms with Gasteiger partial charge in [-0.2, -0.15) is 5.10 Å². The van der Waals surface area contributed by atoms with Crippen LogP contribution in [-0.2, 0) is 4.74 Å². The number of carbonyl (C=O) groups is 2. The molecule has 4 heterocycles. The topological polar surface area (TPSA) is 80.6 Å². The smallest absolute Gasteiger partial charge is 0.273 e. The number of thiazole rings is 1. The van der Waals surface area contributed by atoms with Gasteiger partial charge in [-0.15, -0.1) is 11.3 Å². The number of likely N-dealkylation sites (tertiary alicyclic amines) is 1. The van der Waals surface area contributed by atoms with E-state index in [1.54, 1.807) is 33.3 Å². The third-order valence-electron chi connectivity index (χ3n) is 7.48. The average molecular weight is 560 g/mol. The van der Waals surface area contributed by atoms with E-state index in [4.69, 9.17) is 4.74 Å². The van der Waals surface area contributed by atoms with Crippen LogP contribution in [0.2, 0.25) is 0 Å². The molecule has 0 unspecified atom stereocenters. The van der Waals surface area contributed by atoms with E-state index in [0.717, 1.165) is 22.0 Å². The van der Waals surface area contributed by atoms with Crippen molar-refractivity contribution < 1.29 is 14.3 Å². The molecular weight excluding hydrogens is 534 g/mol. The lowest BCUT2D eigenvalue weighted by Crippen LogP contribution is -2.53. The molecule has 2 aliphatic rings. The fourth-order valence-electron chi connectivity index (χ4n) is 5.38. The molecule has 2 atom stereocenters. The Labute approximate surface area is 240 Å². The summed E-state index contributed by atoms with van der Waals surface area (Å²) in [6, 6.07) is 24.8. The fourth-order valence-corrected chi connectivity index (χ4v) is 6.15. The van der Waals surface area contributed by atoms with E-state index in [0.29, 0.717) is 42.6 Å². The van der Waals surface area contributed by atoms with Crippen molar-refractivity contribution in [2.45, 2.75) is 12.1 Å². The van der Waals surface area contributed by atoms with Gasteiger partial charge in [-0.25, -0.2) is 9.67 Å². The molecule has 2 aliphatic heterocycles. The summed E-state index contributed by atoms with van der Waals surface area (Å²) in [7, 11) is 0. The van der Waals surface area contributed by atoms with Crippen LogP contribution in [0, 0.1) is 11.8 Å². The molecule has 202 valence electrons. The Balaban J connectivity index is 1.05. The van der Waals surface area contributed by atoms with Crippen LogP contribution in [0.25, 0.3) is 16.0 Å². The highest BCUT2D eigenvalue weighted by Crippen LogP contribution is 2.27. The molecule has 2 amide bonds. The zero-order chi connectivity index (χ0) is 27.8. The molecule has 0 radical (unpaired) electrons. The summed E-state index contributed by atoms with van der Waals surface area (Å²) in [5, 5.41) is 7.89. The number of morpholine rings is 1. The Kier molecular flexibility index (Phi) is 6.55. The van der Waals surface area contributed by atoms with Gasteiger partial charge in [0, 0.05) is 47.1 Å². The van der Waals surface area contributed by atoms with Crippen LogP contribution in [0.5, 0.6) is 0 Å². The van der Waals surface area contributed by atoms with E-state index in [1.165, 1.54) is 11.3 Å². The zero-order valence-corrected chi connectivity index (χ0v) is 22.8. The van der Waals surface area contributed by atoms with Gasteiger partial charge >= 0.3 is 0 Å². The minimum absolute atomic E-state index is 0.0838. The highest BCUT2D eigenvalue weighted by Gasteiger charge is 2.44. The van der Waals surface area contributed by atoms with Crippen molar-refractivity contribution in [2.24, 2.45) is 0 Å². The second-order valence-electron chi connectivity index (χ2n) is 10.0. The monoisotopic (exact) mass is 559 g/mol. The molecule has 2 fully saturated rings. The predicted molar refractivity (Wildman–Crippen MR) is 156 cm³/mol. The summed E-state index contributed by atoms with van der Waals surface area (Å²) in [5.41, 5.74) is 3.68. The van der Waals surface area contributed by atoms with Gasteiger partial charge < -0.3 is 14.5 Å². The van der Waals surface area contributed by atoms with Gasteiger partial charge in [-0.05, 0) is 42.5 Å². The van der Waals surface area contributed by atoms with Gasteiger partial charge in [0.05, 0.1) is 30.5 Å². The lowest BCUT2D eigenvalue weighted by molar-refractivity contribution is -0.0371. The van der Waals surface area contributed by atoms with Crippen molar-refractivity contribution in [1.29, 1.82) is 0 Å². The maximum atomic E-state index is 13.6. The zero-order valence-electron chi connectivity index (χ0n) is 22.0. The van der Waals surface area contributed by atoms with Crippen LogP contribution in [0.15, 0.2) is 90.4 Å². The first kappa shape index (κ1) is 25.2. The number of fused-ring (bicyclic) bond motifs is 2. The molecule has 41 heavy (non-hydrogen) atoms. The Morgan fingerprint density at radius 3 is 2.46 bits per heavy atom. The minimum Gasteiger partial charge on any atom is -0.372 e. The molecule has 5 aromatic rings. The van der Waals surface area contributed by atoms with E-state index in [-0.39, 0.29) is 24.0 Å². The number of hydrogen-bond acceptors (Lipinski definition) is 6. The number of rotatable bonds is 3.